The fraction of sp³-hybridized carbons (Fsp3) is 0.417. The molecule has 1 aromatic carbocycles. The molecule has 1 atom stereocenters. The number of ether oxygens (including phenoxy) is 1. The molecule has 1 unspecified atom stereocenters. The zero-order valence-corrected chi connectivity index (χ0v) is 11.4. The van der Waals surface area contributed by atoms with E-state index in [0.29, 0.717) is 25.1 Å². The fourth-order valence-electron chi connectivity index (χ4n) is 2.20. The zero-order chi connectivity index (χ0) is 14.0. The van der Waals surface area contributed by atoms with Crippen LogP contribution in [-0.2, 0) is 14.8 Å². The summed E-state index contributed by atoms with van der Waals surface area (Å²) in [5.41, 5.74) is 5.24. The van der Waals surface area contributed by atoms with Gasteiger partial charge >= 0.3 is 0 Å². The summed E-state index contributed by atoms with van der Waals surface area (Å²) in [5.74, 6) is -0.0265. The van der Waals surface area contributed by atoms with Gasteiger partial charge in [-0.05, 0) is 37.1 Å². The van der Waals surface area contributed by atoms with E-state index in [4.69, 9.17) is 10.5 Å². The maximum atomic E-state index is 12.4. The van der Waals surface area contributed by atoms with Crippen molar-refractivity contribution < 1.29 is 17.9 Å². The van der Waals surface area contributed by atoms with Crippen LogP contribution in [0.2, 0.25) is 0 Å². The van der Waals surface area contributed by atoms with Crippen molar-refractivity contribution in [3.8, 4) is 5.75 Å². The predicted octanol–water partition coefficient (Wildman–Crippen LogP) is 0.334. The number of methoxy groups -OCH3 is 1. The van der Waals surface area contributed by atoms with Crippen LogP contribution in [0.5, 0.6) is 5.75 Å². The number of benzene rings is 1. The van der Waals surface area contributed by atoms with Crippen LogP contribution in [0.3, 0.4) is 0 Å². The first-order valence-electron chi connectivity index (χ1n) is 5.92. The highest BCUT2D eigenvalue weighted by Crippen LogP contribution is 2.26. The molecule has 0 aromatic heterocycles. The van der Waals surface area contributed by atoms with Gasteiger partial charge in [-0.3, -0.25) is 4.79 Å². The quantitative estimate of drug-likeness (QED) is 0.863. The second kappa shape index (κ2) is 5.18. The Balaban J connectivity index is 2.33. The summed E-state index contributed by atoms with van der Waals surface area (Å²) in [6.07, 6.45) is 1.12. The Hall–Kier alpha value is -1.60. The molecule has 1 aliphatic rings. The number of sulfonamides is 1. The zero-order valence-electron chi connectivity index (χ0n) is 10.6. The summed E-state index contributed by atoms with van der Waals surface area (Å²) >= 11 is 0. The van der Waals surface area contributed by atoms with E-state index in [1.165, 1.54) is 23.5 Å². The van der Waals surface area contributed by atoms with Crippen LogP contribution in [0.25, 0.3) is 0 Å². The SMILES string of the molecule is COc1ccc(S(=O)(=O)N2CCCC2C(N)=O)cc1. The summed E-state index contributed by atoms with van der Waals surface area (Å²) in [6.45, 7) is 0.321. The molecule has 0 bridgehead atoms. The molecule has 0 aliphatic carbocycles. The Bertz CT molecular complexity index is 568. The van der Waals surface area contributed by atoms with Gasteiger partial charge in [0.1, 0.15) is 11.8 Å². The van der Waals surface area contributed by atoms with Gasteiger partial charge in [-0.1, -0.05) is 0 Å². The molecule has 7 heteroatoms. The van der Waals surface area contributed by atoms with Crippen molar-refractivity contribution in [3.05, 3.63) is 24.3 Å². The number of rotatable bonds is 4. The number of nitrogens with two attached hydrogens (primary N) is 1. The molecule has 0 radical (unpaired) electrons. The van der Waals surface area contributed by atoms with Gasteiger partial charge in [0.25, 0.3) is 0 Å². The summed E-state index contributed by atoms with van der Waals surface area (Å²) in [4.78, 5) is 11.4. The number of nitrogens with zero attached hydrogens (tertiary/aromatic N) is 1. The molecule has 0 saturated carbocycles. The minimum Gasteiger partial charge on any atom is -0.497 e. The largest absolute Gasteiger partial charge is 0.497 e. The molecule has 2 N–H and O–H groups in total. The van der Waals surface area contributed by atoms with Crippen molar-refractivity contribution in [3.63, 3.8) is 0 Å². The van der Waals surface area contributed by atoms with Crippen LogP contribution >= 0.6 is 0 Å². The number of hydrogen-bond acceptors (Lipinski definition) is 4. The van der Waals surface area contributed by atoms with Gasteiger partial charge in [-0.15, -0.1) is 0 Å². The molecule has 104 valence electrons. The standard InChI is InChI=1S/C12H16N2O4S/c1-18-9-4-6-10(7-5-9)19(16,17)14-8-2-3-11(14)12(13)15/h4-7,11H,2-3,8H2,1H3,(H2,13,15). The summed E-state index contributed by atoms with van der Waals surface area (Å²) in [5, 5.41) is 0. The van der Waals surface area contributed by atoms with Crippen LogP contribution in [0.4, 0.5) is 0 Å². The lowest BCUT2D eigenvalue weighted by Crippen LogP contribution is -2.43. The molecule has 0 spiro atoms. The first-order valence-corrected chi connectivity index (χ1v) is 7.36. The van der Waals surface area contributed by atoms with E-state index in [-0.39, 0.29) is 4.90 Å². The number of primary amides is 1. The van der Waals surface area contributed by atoms with Crippen molar-refractivity contribution >= 4 is 15.9 Å². The smallest absolute Gasteiger partial charge is 0.243 e. The Morgan fingerprint density at radius 2 is 2.00 bits per heavy atom. The van der Waals surface area contributed by atoms with Crippen LogP contribution in [0.15, 0.2) is 29.2 Å². The lowest BCUT2D eigenvalue weighted by Gasteiger charge is -2.21. The topological polar surface area (TPSA) is 89.7 Å². The maximum Gasteiger partial charge on any atom is 0.243 e. The van der Waals surface area contributed by atoms with Crippen molar-refractivity contribution in [1.29, 1.82) is 0 Å². The number of carbonyl (C=O) groups excluding carboxylic acids is 1. The van der Waals surface area contributed by atoms with Crippen molar-refractivity contribution in [2.24, 2.45) is 5.73 Å². The number of amides is 1. The summed E-state index contributed by atoms with van der Waals surface area (Å²) < 4.78 is 31.0. The normalized spacial score (nSPS) is 20.4. The van der Waals surface area contributed by atoms with Crippen LogP contribution in [-0.4, -0.2) is 38.3 Å². The lowest BCUT2D eigenvalue weighted by atomic mass is 10.2. The van der Waals surface area contributed by atoms with E-state index < -0.39 is 22.0 Å². The third-order valence-electron chi connectivity index (χ3n) is 3.20. The third-order valence-corrected chi connectivity index (χ3v) is 5.12. The van der Waals surface area contributed by atoms with E-state index in [1.807, 2.05) is 0 Å². The molecular formula is C12H16N2O4S. The average molecular weight is 284 g/mol. The monoisotopic (exact) mass is 284 g/mol. The van der Waals surface area contributed by atoms with E-state index in [0.717, 1.165) is 0 Å². The summed E-state index contributed by atoms with van der Waals surface area (Å²) in [6, 6.07) is 5.33. The molecule has 1 amide bonds. The molecule has 1 fully saturated rings. The molecule has 1 aromatic rings. The van der Waals surface area contributed by atoms with E-state index in [9.17, 15) is 13.2 Å². The minimum atomic E-state index is -3.68. The summed E-state index contributed by atoms with van der Waals surface area (Å²) in [7, 11) is -2.17. The number of carbonyl (C=O) groups is 1. The van der Waals surface area contributed by atoms with Crippen LogP contribution in [0.1, 0.15) is 12.8 Å². The van der Waals surface area contributed by atoms with Gasteiger partial charge in [-0.25, -0.2) is 8.42 Å². The lowest BCUT2D eigenvalue weighted by molar-refractivity contribution is -0.121. The molecular weight excluding hydrogens is 268 g/mol. The van der Waals surface area contributed by atoms with Crippen molar-refractivity contribution in [1.82, 2.24) is 4.31 Å². The van der Waals surface area contributed by atoms with Crippen LogP contribution < -0.4 is 10.5 Å². The first kappa shape index (κ1) is 13.8. The molecule has 2 rings (SSSR count). The van der Waals surface area contributed by atoms with Gasteiger partial charge in [0.05, 0.1) is 12.0 Å². The fourth-order valence-corrected chi connectivity index (χ4v) is 3.86. The van der Waals surface area contributed by atoms with E-state index in [2.05, 4.69) is 0 Å². The maximum absolute atomic E-state index is 12.4. The van der Waals surface area contributed by atoms with Gasteiger partial charge in [0, 0.05) is 6.54 Å². The molecule has 1 heterocycles. The predicted molar refractivity (Wildman–Crippen MR) is 69.1 cm³/mol. The Kier molecular flexibility index (Phi) is 3.77. The second-order valence-electron chi connectivity index (χ2n) is 4.35. The van der Waals surface area contributed by atoms with Gasteiger partial charge in [0.2, 0.25) is 15.9 Å². The molecule has 19 heavy (non-hydrogen) atoms. The third kappa shape index (κ3) is 2.57. The van der Waals surface area contributed by atoms with E-state index in [1.54, 1.807) is 12.1 Å². The second-order valence-corrected chi connectivity index (χ2v) is 6.24. The van der Waals surface area contributed by atoms with E-state index >= 15 is 0 Å². The molecule has 6 nitrogen and oxygen atoms in total. The highest BCUT2D eigenvalue weighted by atomic mass is 32.2. The first-order chi connectivity index (χ1) is 8.96. The Morgan fingerprint density at radius 3 is 2.53 bits per heavy atom. The van der Waals surface area contributed by atoms with Crippen LogP contribution in [0, 0.1) is 0 Å². The van der Waals surface area contributed by atoms with Gasteiger partial charge < -0.3 is 10.5 Å². The van der Waals surface area contributed by atoms with Gasteiger partial charge in [-0.2, -0.15) is 4.31 Å². The Labute approximate surface area is 112 Å². The van der Waals surface area contributed by atoms with Crippen molar-refractivity contribution in [2.45, 2.75) is 23.8 Å². The average Bonchev–Trinajstić information content (AvgIpc) is 2.89. The molecule has 1 aliphatic heterocycles. The Morgan fingerprint density at radius 1 is 1.37 bits per heavy atom. The number of hydrogen-bond donors (Lipinski definition) is 1. The van der Waals surface area contributed by atoms with Gasteiger partial charge in [0.15, 0.2) is 0 Å². The molecule has 1 saturated heterocycles. The minimum absolute atomic E-state index is 0.140. The highest BCUT2D eigenvalue weighted by molar-refractivity contribution is 7.89. The highest BCUT2D eigenvalue weighted by Gasteiger charge is 2.38. The van der Waals surface area contributed by atoms with Crippen molar-refractivity contribution in [2.75, 3.05) is 13.7 Å².